The van der Waals surface area contributed by atoms with Gasteiger partial charge in [-0.3, -0.25) is 13.9 Å². The third kappa shape index (κ3) is 7.85. The number of unbranched alkanes of at least 4 members (excludes halogenated alkanes) is 1. The summed E-state index contributed by atoms with van der Waals surface area (Å²) in [5.41, 5.74) is 2.23. The molecular weight excluding hydrogens is 526 g/mol. The SMILES string of the molecule is CCCCNC(=O)C(CC)N(Cc1cccc(C)c1)C(=O)CN(c1ccccc1)S(=O)(=O)c1ccc(OC)cc1. The van der Waals surface area contributed by atoms with E-state index in [1.165, 1.54) is 24.1 Å². The number of hydrogen-bond donors (Lipinski definition) is 1. The number of carbonyl (C=O) groups excluding carboxylic acids is 2. The highest BCUT2D eigenvalue weighted by Crippen LogP contribution is 2.26. The molecule has 2 amide bonds. The van der Waals surface area contributed by atoms with Gasteiger partial charge in [0.25, 0.3) is 10.0 Å². The zero-order chi connectivity index (χ0) is 29.1. The molecule has 0 aliphatic rings. The first-order chi connectivity index (χ1) is 19.2. The van der Waals surface area contributed by atoms with Crippen molar-refractivity contribution in [3.63, 3.8) is 0 Å². The fourth-order valence-corrected chi connectivity index (χ4v) is 5.84. The number of amides is 2. The van der Waals surface area contributed by atoms with Gasteiger partial charge in [0.1, 0.15) is 18.3 Å². The third-order valence-corrected chi connectivity index (χ3v) is 8.41. The molecule has 1 atom stereocenters. The first kappa shape index (κ1) is 30.7. The van der Waals surface area contributed by atoms with E-state index >= 15 is 0 Å². The second kappa shape index (κ2) is 14.5. The minimum Gasteiger partial charge on any atom is -0.497 e. The number of sulfonamides is 1. The van der Waals surface area contributed by atoms with Crippen LogP contribution in [0.5, 0.6) is 5.75 Å². The van der Waals surface area contributed by atoms with Gasteiger partial charge in [-0.05, 0) is 61.7 Å². The summed E-state index contributed by atoms with van der Waals surface area (Å²) in [5.74, 6) is -0.202. The van der Waals surface area contributed by atoms with E-state index < -0.39 is 28.5 Å². The molecule has 3 rings (SSSR count). The standard InChI is InChI=1S/C31H39N3O5S/c1-5-7-20-32-31(36)29(6-2)33(22-25-13-11-12-24(3)21-25)30(35)23-34(26-14-9-8-10-15-26)40(37,38)28-18-16-27(39-4)17-19-28/h8-19,21,29H,5-7,20,22-23H2,1-4H3,(H,32,36). The second-order valence-corrected chi connectivity index (χ2v) is 11.5. The van der Waals surface area contributed by atoms with Crippen LogP contribution in [0.1, 0.15) is 44.2 Å². The van der Waals surface area contributed by atoms with E-state index in [-0.39, 0.29) is 17.3 Å². The van der Waals surface area contributed by atoms with Gasteiger partial charge in [0, 0.05) is 13.1 Å². The van der Waals surface area contributed by atoms with Gasteiger partial charge in [0.05, 0.1) is 17.7 Å². The van der Waals surface area contributed by atoms with Crippen molar-refractivity contribution in [3.8, 4) is 5.75 Å². The summed E-state index contributed by atoms with van der Waals surface area (Å²) in [6, 6.07) is 21.5. The van der Waals surface area contributed by atoms with E-state index in [1.807, 2.05) is 45.0 Å². The molecule has 0 aliphatic carbocycles. The molecule has 0 spiro atoms. The summed E-state index contributed by atoms with van der Waals surface area (Å²) in [6.07, 6.45) is 2.14. The minimum absolute atomic E-state index is 0.0273. The van der Waals surface area contributed by atoms with Crippen LogP contribution < -0.4 is 14.4 Å². The van der Waals surface area contributed by atoms with Crippen molar-refractivity contribution in [3.05, 3.63) is 90.0 Å². The molecule has 1 unspecified atom stereocenters. The van der Waals surface area contributed by atoms with Crippen molar-refractivity contribution < 1.29 is 22.7 Å². The van der Waals surface area contributed by atoms with Crippen LogP contribution in [0, 0.1) is 6.92 Å². The molecule has 0 heterocycles. The third-order valence-electron chi connectivity index (χ3n) is 6.62. The van der Waals surface area contributed by atoms with E-state index in [4.69, 9.17) is 4.74 Å². The largest absolute Gasteiger partial charge is 0.497 e. The number of aryl methyl sites for hydroxylation is 1. The Balaban J connectivity index is 2.01. The molecule has 8 nitrogen and oxygen atoms in total. The minimum atomic E-state index is -4.13. The van der Waals surface area contributed by atoms with Gasteiger partial charge in [-0.1, -0.05) is 68.3 Å². The number of carbonyl (C=O) groups is 2. The zero-order valence-corrected chi connectivity index (χ0v) is 24.5. The molecular formula is C31H39N3O5S. The summed E-state index contributed by atoms with van der Waals surface area (Å²) in [7, 11) is -2.62. The normalized spacial score (nSPS) is 11.9. The van der Waals surface area contributed by atoms with Crippen LogP contribution in [0.25, 0.3) is 0 Å². The summed E-state index contributed by atoms with van der Waals surface area (Å²) in [6.45, 7) is 6.07. The smallest absolute Gasteiger partial charge is 0.264 e. The number of ether oxygens (including phenoxy) is 1. The van der Waals surface area contributed by atoms with E-state index in [1.54, 1.807) is 42.5 Å². The topological polar surface area (TPSA) is 96.0 Å². The molecule has 3 aromatic carbocycles. The molecule has 0 aromatic heterocycles. The Hall–Kier alpha value is -3.85. The molecule has 9 heteroatoms. The fraction of sp³-hybridized carbons (Fsp3) is 0.355. The van der Waals surface area contributed by atoms with Gasteiger partial charge in [0.2, 0.25) is 11.8 Å². The van der Waals surface area contributed by atoms with Crippen molar-refractivity contribution in [1.29, 1.82) is 0 Å². The van der Waals surface area contributed by atoms with Crippen molar-refractivity contribution >= 4 is 27.5 Å². The van der Waals surface area contributed by atoms with Crippen LogP contribution in [-0.2, 0) is 26.2 Å². The molecule has 0 radical (unpaired) electrons. The van der Waals surface area contributed by atoms with Gasteiger partial charge in [-0.15, -0.1) is 0 Å². The first-order valence-electron chi connectivity index (χ1n) is 13.6. The van der Waals surface area contributed by atoms with Crippen LogP contribution in [0.4, 0.5) is 5.69 Å². The Morgan fingerprint density at radius 1 is 0.950 bits per heavy atom. The van der Waals surface area contributed by atoms with Crippen LogP contribution in [0.15, 0.2) is 83.8 Å². The number of methoxy groups -OCH3 is 1. The van der Waals surface area contributed by atoms with E-state index in [0.29, 0.717) is 24.4 Å². The Bertz CT molecular complexity index is 1360. The Labute approximate surface area is 238 Å². The molecule has 0 fully saturated rings. The van der Waals surface area contributed by atoms with Crippen LogP contribution in [0.3, 0.4) is 0 Å². The molecule has 3 aromatic rings. The maximum atomic E-state index is 14.0. The van der Waals surface area contributed by atoms with Gasteiger partial charge >= 0.3 is 0 Å². The van der Waals surface area contributed by atoms with E-state index in [2.05, 4.69) is 5.32 Å². The molecule has 0 aliphatic heterocycles. The predicted octanol–water partition coefficient (Wildman–Crippen LogP) is 4.92. The van der Waals surface area contributed by atoms with E-state index in [9.17, 15) is 18.0 Å². The van der Waals surface area contributed by atoms with Crippen LogP contribution in [-0.4, -0.2) is 51.4 Å². The lowest BCUT2D eigenvalue weighted by Crippen LogP contribution is -2.52. The number of hydrogen-bond acceptors (Lipinski definition) is 5. The molecule has 214 valence electrons. The van der Waals surface area contributed by atoms with Gasteiger partial charge in [-0.2, -0.15) is 0 Å². The summed E-state index contributed by atoms with van der Waals surface area (Å²) in [5, 5.41) is 2.94. The average molecular weight is 566 g/mol. The molecule has 0 saturated heterocycles. The number of para-hydroxylation sites is 1. The summed E-state index contributed by atoms with van der Waals surface area (Å²) in [4.78, 5) is 28.8. The quantitative estimate of drug-likeness (QED) is 0.280. The van der Waals surface area contributed by atoms with Crippen molar-refractivity contribution in [2.24, 2.45) is 0 Å². The predicted molar refractivity (Wildman–Crippen MR) is 158 cm³/mol. The average Bonchev–Trinajstić information content (AvgIpc) is 2.96. The van der Waals surface area contributed by atoms with Crippen LogP contribution in [0.2, 0.25) is 0 Å². The highest BCUT2D eigenvalue weighted by molar-refractivity contribution is 7.92. The lowest BCUT2D eigenvalue weighted by atomic mass is 10.1. The molecule has 1 N–H and O–H groups in total. The maximum Gasteiger partial charge on any atom is 0.264 e. The van der Waals surface area contributed by atoms with Crippen molar-refractivity contribution in [2.75, 3.05) is 24.5 Å². The highest BCUT2D eigenvalue weighted by atomic mass is 32.2. The lowest BCUT2D eigenvalue weighted by molar-refractivity contribution is -0.140. The number of anilines is 1. The van der Waals surface area contributed by atoms with Crippen LogP contribution >= 0.6 is 0 Å². The lowest BCUT2D eigenvalue weighted by Gasteiger charge is -2.33. The van der Waals surface area contributed by atoms with Gasteiger partial charge in [0.15, 0.2) is 0 Å². The maximum absolute atomic E-state index is 14.0. The van der Waals surface area contributed by atoms with Gasteiger partial charge in [-0.25, -0.2) is 8.42 Å². The summed E-state index contributed by atoms with van der Waals surface area (Å²) >= 11 is 0. The zero-order valence-electron chi connectivity index (χ0n) is 23.7. The highest BCUT2D eigenvalue weighted by Gasteiger charge is 2.33. The number of benzene rings is 3. The van der Waals surface area contributed by atoms with Crippen molar-refractivity contribution in [1.82, 2.24) is 10.2 Å². The molecule has 0 saturated carbocycles. The van der Waals surface area contributed by atoms with Crippen molar-refractivity contribution in [2.45, 2.75) is 57.5 Å². The Kier molecular flexibility index (Phi) is 11.1. The van der Waals surface area contributed by atoms with E-state index in [0.717, 1.165) is 28.3 Å². The fourth-order valence-electron chi connectivity index (χ4n) is 4.43. The summed E-state index contributed by atoms with van der Waals surface area (Å²) < 4.78 is 34.0. The second-order valence-electron chi connectivity index (χ2n) is 9.60. The number of nitrogens with one attached hydrogen (secondary N) is 1. The Morgan fingerprint density at radius 3 is 2.25 bits per heavy atom. The molecule has 40 heavy (non-hydrogen) atoms. The monoisotopic (exact) mass is 565 g/mol. The van der Waals surface area contributed by atoms with Gasteiger partial charge < -0.3 is 15.0 Å². The Morgan fingerprint density at radius 2 is 1.65 bits per heavy atom. The molecule has 0 bridgehead atoms. The number of rotatable bonds is 14. The number of nitrogens with zero attached hydrogens (tertiary/aromatic N) is 2. The first-order valence-corrected chi connectivity index (χ1v) is 15.0.